The third-order valence-electron chi connectivity index (χ3n) is 2.53. The van der Waals surface area contributed by atoms with Crippen LogP contribution in [-0.4, -0.2) is 19.9 Å². The Balaban J connectivity index is 1.86. The van der Waals surface area contributed by atoms with Crippen molar-refractivity contribution >= 4 is 23.2 Å². The summed E-state index contributed by atoms with van der Waals surface area (Å²) >= 11 is 5.80. The Kier molecular flexibility index (Phi) is 3.52. The van der Waals surface area contributed by atoms with Gasteiger partial charge in [-0.25, -0.2) is 19.9 Å². The molecule has 3 heterocycles. The van der Waals surface area contributed by atoms with Crippen LogP contribution in [-0.2, 0) is 0 Å². The molecule has 0 saturated carbocycles. The van der Waals surface area contributed by atoms with Crippen molar-refractivity contribution in [3.05, 3.63) is 60.0 Å². The molecule has 0 atom stereocenters. The molecule has 3 aromatic heterocycles. The minimum absolute atomic E-state index is 0.584. The third-order valence-corrected chi connectivity index (χ3v) is 2.75. The van der Waals surface area contributed by atoms with Gasteiger partial charge in [-0.15, -0.1) is 0 Å². The number of pyridine rings is 2. The Morgan fingerprint density at radius 1 is 0.850 bits per heavy atom. The molecule has 0 amide bonds. The van der Waals surface area contributed by atoms with Crippen LogP contribution in [0.3, 0.4) is 0 Å². The lowest BCUT2D eigenvalue weighted by Gasteiger charge is -2.06. The maximum atomic E-state index is 5.80. The molecular weight excluding hydrogens is 274 g/mol. The summed E-state index contributed by atoms with van der Waals surface area (Å²) in [6.45, 7) is 0. The van der Waals surface area contributed by atoms with Crippen LogP contribution in [0, 0.1) is 0 Å². The second kappa shape index (κ2) is 5.63. The van der Waals surface area contributed by atoms with Gasteiger partial charge in [-0.05, 0) is 30.3 Å². The standard InChI is InChI=1S/C14H10ClN5/c15-10-5-6-12(18-9-10)20-13-4-1-3-11(19-13)14-16-7-2-8-17-14/h1-9H,(H,18,19,20). The first-order chi connectivity index (χ1) is 9.81. The zero-order valence-corrected chi connectivity index (χ0v) is 11.1. The highest BCUT2D eigenvalue weighted by Gasteiger charge is 2.03. The summed E-state index contributed by atoms with van der Waals surface area (Å²) in [6, 6.07) is 10.9. The summed E-state index contributed by atoms with van der Waals surface area (Å²) in [5.41, 5.74) is 0.699. The summed E-state index contributed by atoms with van der Waals surface area (Å²) in [6.07, 6.45) is 4.95. The predicted molar refractivity (Wildman–Crippen MR) is 77.8 cm³/mol. The second-order valence-corrected chi connectivity index (χ2v) is 4.40. The molecule has 0 unspecified atom stereocenters. The smallest absolute Gasteiger partial charge is 0.178 e. The Morgan fingerprint density at radius 2 is 1.70 bits per heavy atom. The quantitative estimate of drug-likeness (QED) is 0.799. The number of anilines is 2. The monoisotopic (exact) mass is 283 g/mol. The molecule has 98 valence electrons. The van der Waals surface area contributed by atoms with Crippen LogP contribution in [0.5, 0.6) is 0 Å². The van der Waals surface area contributed by atoms with E-state index in [2.05, 4.69) is 25.3 Å². The van der Waals surface area contributed by atoms with Crippen LogP contribution < -0.4 is 5.32 Å². The zero-order chi connectivity index (χ0) is 13.8. The maximum absolute atomic E-state index is 5.80. The van der Waals surface area contributed by atoms with E-state index in [4.69, 9.17) is 11.6 Å². The molecule has 1 N–H and O–H groups in total. The van der Waals surface area contributed by atoms with E-state index in [0.29, 0.717) is 28.2 Å². The molecule has 3 rings (SSSR count). The van der Waals surface area contributed by atoms with Gasteiger partial charge in [0, 0.05) is 18.6 Å². The van der Waals surface area contributed by atoms with Crippen molar-refractivity contribution < 1.29 is 0 Å². The van der Waals surface area contributed by atoms with Crippen molar-refractivity contribution in [3.8, 4) is 11.5 Å². The predicted octanol–water partition coefficient (Wildman–Crippen LogP) is 3.33. The molecule has 0 radical (unpaired) electrons. The SMILES string of the molecule is Clc1ccc(Nc2cccc(-c3ncccn3)n2)nc1. The van der Waals surface area contributed by atoms with E-state index < -0.39 is 0 Å². The molecule has 5 nitrogen and oxygen atoms in total. The van der Waals surface area contributed by atoms with Crippen molar-refractivity contribution in [3.63, 3.8) is 0 Å². The van der Waals surface area contributed by atoms with Crippen LogP contribution in [0.4, 0.5) is 11.6 Å². The van der Waals surface area contributed by atoms with Crippen LogP contribution in [0.15, 0.2) is 55.0 Å². The number of halogens is 1. The number of aromatic nitrogens is 4. The Hall–Kier alpha value is -2.53. The van der Waals surface area contributed by atoms with E-state index >= 15 is 0 Å². The molecule has 20 heavy (non-hydrogen) atoms. The van der Waals surface area contributed by atoms with E-state index in [0.717, 1.165) is 0 Å². The Morgan fingerprint density at radius 3 is 2.45 bits per heavy atom. The zero-order valence-electron chi connectivity index (χ0n) is 10.4. The number of nitrogens with one attached hydrogen (secondary N) is 1. The average molecular weight is 284 g/mol. The lowest BCUT2D eigenvalue weighted by molar-refractivity contribution is 1.14. The van der Waals surface area contributed by atoms with E-state index in [1.807, 2.05) is 18.2 Å². The molecule has 0 fully saturated rings. The molecule has 0 saturated heterocycles. The Bertz CT molecular complexity index is 700. The van der Waals surface area contributed by atoms with Crippen LogP contribution in [0.2, 0.25) is 5.02 Å². The molecule has 0 aromatic carbocycles. The largest absolute Gasteiger partial charge is 0.325 e. The lowest BCUT2D eigenvalue weighted by Crippen LogP contribution is -1.97. The van der Waals surface area contributed by atoms with E-state index in [1.165, 1.54) is 0 Å². The van der Waals surface area contributed by atoms with Crippen LogP contribution in [0.1, 0.15) is 0 Å². The second-order valence-electron chi connectivity index (χ2n) is 3.97. The van der Waals surface area contributed by atoms with Crippen molar-refractivity contribution in [2.24, 2.45) is 0 Å². The van der Waals surface area contributed by atoms with Crippen LogP contribution >= 0.6 is 11.6 Å². The first-order valence-corrected chi connectivity index (χ1v) is 6.32. The topological polar surface area (TPSA) is 63.6 Å². The van der Waals surface area contributed by atoms with Gasteiger partial charge in [-0.3, -0.25) is 0 Å². The lowest BCUT2D eigenvalue weighted by atomic mass is 10.3. The highest BCUT2D eigenvalue weighted by Crippen LogP contribution is 2.17. The van der Waals surface area contributed by atoms with Crippen LogP contribution in [0.25, 0.3) is 11.5 Å². The number of nitrogens with zero attached hydrogens (tertiary/aromatic N) is 4. The summed E-state index contributed by atoms with van der Waals surface area (Å²) in [5, 5.41) is 3.70. The molecule has 0 spiro atoms. The summed E-state index contributed by atoms with van der Waals surface area (Å²) < 4.78 is 0. The summed E-state index contributed by atoms with van der Waals surface area (Å²) in [4.78, 5) is 17.0. The van der Waals surface area contributed by atoms with Gasteiger partial charge in [0.25, 0.3) is 0 Å². The van der Waals surface area contributed by atoms with Crippen molar-refractivity contribution in [2.45, 2.75) is 0 Å². The highest BCUT2D eigenvalue weighted by atomic mass is 35.5. The fourth-order valence-electron chi connectivity index (χ4n) is 1.64. The van der Waals surface area contributed by atoms with Gasteiger partial charge in [0.05, 0.1) is 5.02 Å². The third kappa shape index (κ3) is 2.89. The molecule has 3 aromatic rings. The summed E-state index contributed by atoms with van der Waals surface area (Å²) in [5.74, 6) is 1.93. The van der Waals surface area contributed by atoms with Gasteiger partial charge in [0.2, 0.25) is 0 Å². The molecule has 0 bridgehead atoms. The normalized spacial score (nSPS) is 10.2. The van der Waals surface area contributed by atoms with Gasteiger partial charge in [0.15, 0.2) is 5.82 Å². The minimum atomic E-state index is 0.584. The molecular formula is C14H10ClN5. The van der Waals surface area contributed by atoms with Crippen molar-refractivity contribution in [1.29, 1.82) is 0 Å². The van der Waals surface area contributed by atoms with Gasteiger partial charge in [0.1, 0.15) is 17.3 Å². The molecule has 0 aliphatic rings. The molecule has 0 aliphatic carbocycles. The maximum Gasteiger partial charge on any atom is 0.178 e. The number of hydrogen-bond donors (Lipinski definition) is 1. The van der Waals surface area contributed by atoms with Gasteiger partial charge in [-0.1, -0.05) is 17.7 Å². The minimum Gasteiger partial charge on any atom is -0.325 e. The van der Waals surface area contributed by atoms with Crippen molar-refractivity contribution in [1.82, 2.24) is 19.9 Å². The Labute approximate surface area is 120 Å². The van der Waals surface area contributed by atoms with E-state index in [9.17, 15) is 0 Å². The first kappa shape index (κ1) is 12.5. The van der Waals surface area contributed by atoms with Gasteiger partial charge < -0.3 is 5.32 Å². The van der Waals surface area contributed by atoms with E-state index in [-0.39, 0.29) is 0 Å². The molecule has 0 aliphatic heterocycles. The highest BCUT2D eigenvalue weighted by molar-refractivity contribution is 6.30. The fraction of sp³-hybridized carbons (Fsp3) is 0. The summed E-state index contributed by atoms with van der Waals surface area (Å²) in [7, 11) is 0. The average Bonchev–Trinajstić information content (AvgIpc) is 2.51. The van der Waals surface area contributed by atoms with Gasteiger partial charge >= 0.3 is 0 Å². The van der Waals surface area contributed by atoms with Gasteiger partial charge in [-0.2, -0.15) is 0 Å². The fourth-order valence-corrected chi connectivity index (χ4v) is 1.75. The number of rotatable bonds is 3. The van der Waals surface area contributed by atoms with Crippen molar-refractivity contribution in [2.75, 3.05) is 5.32 Å². The molecule has 6 heteroatoms. The first-order valence-electron chi connectivity index (χ1n) is 5.94. The van der Waals surface area contributed by atoms with E-state index in [1.54, 1.807) is 36.8 Å². The number of hydrogen-bond acceptors (Lipinski definition) is 5.